The second-order valence-electron chi connectivity index (χ2n) is 5.88. The molecule has 1 aliphatic heterocycles. The summed E-state index contributed by atoms with van der Waals surface area (Å²) in [4.78, 5) is 14.2. The highest BCUT2D eigenvalue weighted by atomic mass is 16.5. The van der Waals surface area contributed by atoms with Crippen LogP contribution in [-0.4, -0.2) is 49.7 Å². The molecule has 0 radical (unpaired) electrons. The molecule has 1 aliphatic rings. The molecular weight excluding hydrogens is 228 g/mol. The Kier molecular flexibility index (Phi) is 5.60. The number of ether oxygens (including phenoxy) is 1. The number of carbonyl (C=O) groups is 1. The first-order valence-electron chi connectivity index (χ1n) is 7.00. The lowest BCUT2D eigenvalue weighted by Gasteiger charge is -2.42. The molecule has 0 aromatic heterocycles. The summed E-state index contributed by atoms with van der Waals surface area (Å²) in [5.74, 6) is -0.121. The van der Waals surface area contributed by atoms with E-state index < -0.39 is 5.41 Å². The zero-order valence-corrected chi connectivity index (χ0v) is 12.5. The van der Waals surface area contributed by atoms with Crippen molar-refractivity contribution in [3.05, 3.63) is 0 Å². The third kappa shape index (κ3) is 3.69. The Morgan fingerprint density at radius 1 is 1.39 bits per heavy atom. The maximum Gasteiger partial charge on any atom is 0.312 e. The van der Waals surface area contributed by atoms with Crippen LogP contribution in [0, 0.1) is 5.41 Å². The van der Waals surface area contributed by atoms with Gasteiger partial charge < -0.3 is 10.1 Å². The van der Waals surface area contributed by atoms with Gasteiger partial charge in [-0.2, -0.15) is 0 Å². The Bertz CT molecular complexity index is 279. The van der Waals surface area contributed by atoms with Crippen LogP contribution >= 0.6 is 0 Å². The minimum atomic E-state index is -0.433. The number of nitrogens with zero attached hydrogens (tertiary/aromatic N) is 1. The predicted molar refractivity (Wildman–Crippen MR) is 73.5 cm³/mol. The van der Waals surface area contributed by atoms with Crippen molar-refractivity contribution in [2.45, 2.75) is 52.6 Å². The van der Waals surface area contributed by atoms with Crippen LogP contribution in [0.5, 0.6) is 0 Å². The van der Waals surface area contributed by atoms with Crippen molar-refractivity contribution in [1.82, 2.24) is 10.2 Å². The molecule has 1 saturated heterocycles. The lowest BCUT2D eigenvalue weighted by molar-refractivity contribution is -0.152. The largest absolute Gasteiger partial charge is 0.469 e. The average Bonchev–Trinajstić information content (AvgIpc) is 2.37. The standard InChI is InChI=1S/C14H28N2O2/c1-6-11-9-16(12(7-2)8-15-11)10-14(3,4)13(17)18-5/h11-12,15H,6-10H2,1-5H3. The normalized spacial score (nSPS) is 26.1. The third-order valence-electron chi connectivity index (χ3n) is 3.91. The fraction of sp³-hybridized carbons (Fsp3) is 0.929. The molecule has 0 saturated carbocycles. The van der Waals surface area contributed by atoms with Gasteiger partial charge in [-0.05, 0) is 26.7 Å². The predicted octanol–water partition coefficient (Wildman–Crippen LogP) is 1.65. The van der Waals surface area contributed by atoms with Gasteiger partial charge in [-0.1, -0.05) is 13.8 Å². The highest BCUT2D eigenvalue weighted by molar-refractivity contribution is 5.76. The molecule has 0 aromatic carbocycles. The van der Waals surface area contributed by atoms with Crippen LogP contribution in [0.15, 0.2) is 0 Å². The highest BCUT2D eigenvalue weighted by Crippen LogP contribution is 2.23. The van der Waals surface area contributed by atoms with Gasteiger partial charge in [0.15, 0.2) is 0 Å². The summed E-state index contributed by atoms with van der Waals surface area (Å²) in [5, 5.41) is 3.57. The second-order valence-corrected chi connectivity index (χ2v) is 5.88. The van der Waals surface area contributed by atoms with Crippen molar-refractivity contribution < 1.29 is 9.53 Å². The fourth-order valence-corrected chi connectivity index (χ4v) is 2.65. The first-order valence-corrected chi connectivity index (χ1v) is 7.00. The molecule has 2 unspecified atom stereocenters. The van der Waals surface area contributed by atoms with E-state index in [0.29, 0.717) is 12.1 Å². The van der Waals surface area contributed by atoms with Crippen LogP contribution in [0.2, 0.25) is 0 Å². The van der Waals surface area contributed by atoms with E-state index in [1.54, 1.807) is 0 Å². The lowest BCUT2D eigenvalue weighted by Crippen LogP contribution is -2.58. The van der Waals surface area contributed by atoms with E-state index in [2.05, 4.69) is 24.1 Å². The lowest BCUT2D eigenvalue weighted by atomic mass is 9.91. The van der Waals surface area contributed by atoms with E-state index in [9.17, 15) is 4.79 Å². The van der Waals surface area contributed by atoms with Crippen LogP contribution in [0.1, 0.15) is 40.5 Å². The van der Waals surface area contributed by atoms with Crippen molar-refractivity contribution in [2.75, 3.05) is 26.7 Å². The molecule has 1 fully saturated rings. The Morgan fingerprint density at radius 2 is 2.06 bits per heavy atom. The minimum absolute atomic E-state index is 0.121. The van der Waals surface area contributed by atoms with Gasteiger partial charge in [-0.3, -0.25) is 9.69 Å². The van der Waals surface area contributed by atoms with Crippen molar-refractivity contribution in [3.63, 3.8) is 0 Å². The van der Waals surface area contributed by atoms with Crippen LogP contribution in [0.4, 0.5) is 0 Å². The summed E-state index contributed by atoms with van der Waals surface area (Å²) in [5.41, 5.74) is -0.433. The van der Waals surface area contributed by atoms with Gasteiger partial charge in [-0.25, -0.2) is 0 Å². The quantitative estimate of drug-likeness (QED) is 0.759. The molecule has 18 heavy (non-hydrogen) atoms. The van der Waals surface area contributed by atoms with Crippen molar-refractivity contribution in [1.29, 1.82) is 0 Å². The molecule has 4 nitrogen and oxygen atoms in total. The molecule has 106 valence electrons. The fourth-order valence-electron chi connectivity index (χ4n) is 2.65. The summed E-state index contributed by atoms with van der Waals surface area (Å²) in [7, 11) is 1.47. The van der Waals surface area contributed by atoms with E-state index in [4.69, 9.17) is 4.74 Å². The molecule has 0 bridgehead atoms. The van der Waals surface area contributed by atoms with Crippen LogP contribution in [0.3, 0.4) is 0 Å². The smallest absolute Gasteiger partial charge is 0.312 e. The number of hydrogen-bond donors (Lipinski definition) is 1. The summed E-state index contributed by atoms with van der Waals surface area (Å²) >= 11 is 0. The molecule has 0 aromatic rings. The molecule has 2 atom stereocenters. The zero-order chi connectivity index (χ0) is 13.8. The Hall–Kier alpha value is -0.610. The maximum atomic E-state index is 11.8. The maximum absolute atomic E-state index is 11.8. The number of nitrogens with one attached hydrogen (secondary N) is 1. The average molecular weight is 256 g/mol. The van der Waals surface area contributed by atoms with E-state index >= 15 is 0 Å². The third-order valence-corrected chi connectivity index (χ3v) is 3.91. The minimum Gasteiger partial charge on any atom is -0.469 e. The van der Waals surface area contributed by atoms with Crippen LogP contribution < -0.4 is 5.32 Å². The Morgan fingerprint density at radius 3 is 2.56 bits per heavy atom. The number of esters is 1. The monoisotopic (exact) mass is 256 g/mol. The Labute approximate surface area is 111 Å². The van der Waals surface area contributed by atoms with Gasteiger partial charge in [-0.15, -0.1) is 0 Å². The molecule has 0 aliphatic carbocycles. The van der Waals surface area contributed by atoms with Gasteiger partial charge in [0.25, 0.3) is 0 Å². The molecular formula is C14H28N2O2. The van der Waals surface area contributed by atoms with Crippen molar-refractivity contribution >= 4 is 5.97 Å². The van der Waals surface area contributed by atoms with E-state index in [-0.39, 0.29) is 5.97 Å². The highest BCUT2D eigenvalue weighted by Gasteiger charge is 2.35. The first kappa shape index (κ1) is 15.4. The molecule has 4 heteroatoms. The van der Waals surface area contributed by atoms with Gasteiger partial charge in [0.05, 0.1) is 12.5 Å². The molecule has 1 N–H and O–H groups in total. The SMILES string of the molecule is CCC1CN(CC(C)(C)C(=O)OC)C(CC)CN1. The summed E-state index contributed by atoms with van der Waals surface area (Å²) in [6.45, 7) is 11.2. The summed E-state index contributed by atoms with van der Waals surface area (Å²) < 4.78 is 4.90. The van der Waals surface area contributed by atoms with E-state index in [0.717, 1.165) is 32.5 Å². The number of rotatable bonds is 5. The van der Waals surface area contributed by atoms with E-state index in [1.807, 2.05) is 13.8 Å². The number of methoxy groups -OCH3 is 1. The molecule has 0 spiro atoms. The Balaban J connectivity index is 2.68. The van der Waals surface area contributed by atoms with Crippen LogP contribution in [0.25, 0.3) is 0 Å². The summed E-state index contributed by atoms with van der Waals surface area (Å²) in [6.07, 6.45) is 2.24. The van der Waals surface area contributed by atoms with Crippen molar-refractivity contribution in [3.8, 4) is 0 Å². The number of hydrogen-bond acceptors (Lipinski definition) is 4. The number of piperazine rings is 1. The first-order chi connectivity index (χ1) is 8.44. The summed E-state index contributed by atoms with van der Waals surface area (Å²) in [6, 6.07) is 1.07. The zero-order valence-electron chi connectivity index (χ0n) is 12.5. The number of carbonyl (C=O) groups excluding carboxylic acids is 1. The second kappa shape index (κ2) is 6.53. The van der Waals surface area contributed by atoms with Gasteiger partial charge in [0.1, 0.15) is 0 Å². The van der Waals surface area contributed by atoms with Gasteiger partial charge in [0.2, 0.25) is 0 Å². The van der Waals surface area contributed by atoms with E-state index in [1.165, 1.54) is 7.11 Å². The molecule has 1 rings (SSSR count). The van der Waals surface area contributed by atoms with Gasteiger partial charge >= 0.3 is 5.97 Å². The van der Waals surface area contributed by atoms with Crippen molar-refractivity contribution in [2.24, 2.45) is 5.41 Å². The van der Waals surface area contributed by atoms with Gasteiger partial charge in [0, 0.05) is 31.7 Å². The van der Waals surface area contributed by atoms with Crippen LogP contribution in [-0.2, 0) is 9.53 Å². The molecule has 0 amide bonds. The molecule has 1 heterocycles. The topological polar surface area (TPSA) is 41.6 Å².